The van der Waals surface area contributed by atoms with E-state index >= 15 is 0 Å². The van der Waals surface area contributed by atoms with Gasteiger partial charge in [0.05, 0.1) is 11.9 Å². The van der Waals surface area contributed by atoms with Crippen LogP contribution in [0.15, 0.2) is 6.20 Å². The van der Waals surface area contributed by atoms with Gasteiger partial charge in [-0.2, -0.15) is 0 Å². The summed E-state index contributed by atoms with van der Waals surface area (Å²) in [6.45, 7) is 2.76. The molecular weight excluding hydrogens is 175 g/mol. The molecule has 0 radical (unpaired) electrons. The van der Waals surface area contributed by atoms with Crippen LogP contribution in [0.4, 0.5) is 4.39 Å². The third-order valence-corrected chi connectivity index (χ3v) is 1.59. The molecule has 1 heterocycles. The topological polar surface area (TPSA) is 66.0 Å². The molecule has 72 valence electrons. The van der Waals surface area contributed by atoms with Crippen LogP contribution in [0, 0.1) is 0 Å². The molecule has 0 atom stereocenters. The molecule has 2 N–H and O–H groups in total. The minimum atomic E-state index is -1.51. The number of nitrogens with one attached hydrogen (secondary N) is 1. The largest absolute Gasteiger partial charge is 0.481 e. The first-order valence-corrected chi connectivity index (χ1v) is 3.84. The van der Waals surface area contributed by atoms with Crippen molar-refractivity contribution in [3.05, 3.63) is 17.7 Å². The van der Waals surface area contributed by atoms with Gasteiger partial charge >= 0.3 is 5.97 Å². The van der Waals surface area contributed by atoms with Gasteiger partial charge in [0.1, 0.15) is 17.9 Å². The van der Waals surface area contributed by atoms with Gasteiger partial charge in [0.2, 0.25) is 0 Å². The Bertz CT molecular complexity index is 314. The Labute approximate surface area is 74.8 Å². The quantitative estimate of drug-likeness (QED) is 0.746. The number of rotatable bonds is 3. The van der Waals surface area contributed by atoms with Crippen LogP contribution in [0.25, 0.3) is 0 Å². The maximum absolute atomic E-state index is 13.3. The summed E-state index contributed by atoms with van der Waals surface area (Å²) < 4.78 is 13.3. The van der Waals surface area contributed by atoms with Gasteiger partial charge in [-0.3, -0.25) is 4.79 Å². The van der Waals surface area contributed by atoms with Crippen molar-refractivity contribution >= 4 is 5.97 Å². The molecule has 5 heteroatoms. The van der Waals surface area contributed by atoms with Gasteiger partial charge in [0, 0.05) is 0 Å². The van der Waals surface area contributed by atoms with Crippen molar-refractivity contribution in [1.29, 1.82) is 0 Å². The minimum Gasteiger partial charge on any atom is -0.481 e. The molecule has 0 unspecified atom stereocenters. The molecule has 0 amide bonds. The summed E-state index contributed by atoms with van der Waals surface area (Å²) >= 11 is 0. The zero-order chi connectivity index (χ0) is 10.1. The molecule has 1 aromatic rings. The van der Waals surface area contributed by atoms with Crippen molar-refractivity contribution in [3.8, 4) is 0 Å². The van der Waals surface area contributed by atoms with Gasteiger partial charge < -0.3 is 10.1 Å². The number of carboxylic acid groups (broad SMARTS) is 1. The molecule has 1 aromatic heterocycles. The van der Waals surface area contributed by atoms with E-state index in [1.165, 1.54) is 20.0 Å². The van der Waals surface area contributed by atoms with Crippen LogP contribution in [-0.2, 0) is 16.9 Å². The Hall–Kier alpha value is -1.39. The first-order valence-electron chi connectivity index (χ1n) is 3.84. The molecular formula is C8H11FN2O2. The molecule has 0 saturated carbocycles. The lowest BCUT2D eigenvalue weighted by Gasteiger charge is -2.10. The van der Waals surface area contributed by atoms with E-state index in [1.807, 2.05) is 0 Å². The molecule has 4 nitrogen and oxygen atoms in total. The Morgan fingerprint density at radius 2 is 2.38 bits per heavy atom. The first-order chi connectivity index (χ1) is 5.89. The smallest absolute Gasteiger partial charge is 0.311 e. The molecule has 0 spiro atoms. The maximum atomic E-state index is 13.3. The SMILES string of the molecule is CC(C)(F)c1cnc(CC(=O)O)[nH]1. The highest BCUT2D eigenvalue weighted by Crippen LogP contribution is 2.22. The van der Waals surface area contributed by atoms with Crippen molar-refractivity contribution in [3.63, 3.8) is 0 Å². The first kappa shape index (κ1) is 9.70. The molecule has 0 saturated heterocycles. The van der Waals surface area contributed by atoms with E-state index in [2.05, 4.69) is 9.97 Å². The van der Waals surface area contributed by atoms with Crippen LogP contribution in [0.2, 0.25) is 0 Å². The van der Waals surface area contributed by atoms with Gasteiger partial charge in [-0.05, 0) is 13.8 Å². The second-order valence-corrected chi connectivity index (χ2v) is 3.29. The average molecular weight is 186 g/mol. The maximum Gasteiger partial charge on any atom is 0.311 e. The summed E-state index contributed by atoms with van der Waals surface area (Å²) in [5, 5.41) is 8.43. The second-order valence-electron chi connectivity index (χ2n) is 3.29. The van der Waals surface area contributed by atoms with E-state index < -0.39 is 11.6 Å². The van der Waals surface area contributed by atoms with E-state index in [-0.39, 0.29) is 12.2 Å². The van der Waals surface area contributed by atoms with E-state index in [1.54, 1.807) is 0 Å². The molecule has 0 aromatic carbocycles. The number of hydrogen-bond acceptors (Lipinski definition) is 2. The lowest BCUT2D eigenvalue weighted by molar-refractivity contribution is -0.136. The molecule has 0 aliphatic heterocycles. The fraction of sp³-hybridized carbons (Fsp3) is 0.500. The highest BCUT2D eigenvalue weighted by molar-refractivity contribution is 5.68. The van der Waals surface area contributed by atoms with Crippen LogP contribution in [-0.4, -0.2) is 21.0 Å². The molecule has 0 aliphatic carbocycles. The Balaban J connectivity index is 2.81. The molecule has 13 heavy (non-hydrogen) atoms. The van der Waals surface area contributed by atoms with Crippen LogP contribution >= 0.6 is 0 Å². The van der Waals surface area contributed by atoms with Crippen LogP contribution in [0.3, 0.4) is 0 Å². The molecule has 0 bridgehead atoms. The minimum absolute atomic E-state index is 0.212. The summed E-state index contributed by atoms with van der Waals surface area (Å²) in [6, 6.07) is 0. The number of H-pyrrole nitrogens is 1. The van der Waals surface area contributed by atoms with Gasteiger partial charge in [-0.1, -0.05) is 0 Å². The molecule has 1 rings (SSSR count). The number of halogens is 1. The summed E-state index contributed by atoms with van der Waals surface area (Å²) in [6.07, 6.45) is 1.11. The summed E-state index contributed by atoms with van der Waals surface area (Å²) in [4.78, 5) is 16.6. The van der Waals surface area contributed by atoms with Crippen molar-refractivity contribution in [2.24, 2.45) is 0 Å². The van der Waals surface area contributed by atoms with E-state index in [0.29, 0.717) is 5.69 Å². The normalized spacial score (nSPS) is 11.6. The Morgan fingerprint density at radius 1 is 1.77 bits per heavy atom. The van der Waals surface area contributed by atoms with Crippen molar-refractivity contribution in [2.45, 2.75) is 25.9 Å². The number of nitrogens with zero attached hydrogens (tertiary/aromatic N) is 1. The van der Waals surface area contributed by atoms with Crippen molar-refractivity contribution in [2.75, 3.05) is 0 Å². The van der Waals surface area contributed by atoms with E-state index in [4.69, 9.17) is 5.11 Å². The van der Waals surface area contributed by atoms with Gasteiger partial charge in [-0.15, -0.1) is 0 Å². The van der Waals surface area contributed by atoms with Crippen molar-refractivity contribution in [1.82, 2.24) is 9.97 Å². The number of hydrogen-bond donors (Lipinski definition) is 2. The Morgan fingerprint density at radius 3 is 2.77 bits per heavy atom. The van der Waals surface area contributed by atoms with Gasteiger partial charge in [0.25, 0.3) is 0 Å². The molecule has 0 aliphatic rings. The Kier molecular flexibility index (Phi) is 2.36. The van der Waals surface area contributed by atoms with Crippen LogP contribution in [0.1, 0.15) is 25.4 Å². The van der Waals surface area contributed by atoms with Crippen molar-refractivity contribution < 1.29 is 14.3 Å². The average Bonchev–Trinajstić information content (AvgIpc) is 2.32. The zero-order valence-corrected chi connectivity index (χ0v) is 7.47. The highest BCUT2D eigenvalue weighted by Gasteiger charge is 2.21. The molecule has 0 fully saturated rings. The third-order valence-electron chi connectivity index (χ3n) is 1.59. The number of aliphatic carboxylic acids is 1. The number of aromatic amines is 1. The lowest BCUT2D eigenvalue weighted by Crippen LogP contribution is -2.10. The summed E-state index contributed by atoms with van der Waals surface area (Å²) in [5.41, 5.74) is -1.22. The number of aromatic nitrogens is 2. The predicted molar refractivity (Wildman–Crippen MR) is 44.1 cm³/mol. The third kappa shape index (κ3) is 2.54. The standard InChI is InChI=1S/C8H11FN2O2/c1-8(2,9)5-4-10-6(11-5)3-7(12)13/h4H,3H2,1-2H3,(H,10,11)(H,12,13). The number of carboxylic acids is 1. The van der Waals surface area contributed by atoms with Gasteiger partial charge in [-0.25, -0.2) is 9.37 Å². The number of carbonyl (C=O) groups is 1. The lowest BCUT2D eigenvalue weighted by atomic mass is 10.1. The van der Waals surface area contributed by atoms with Crippen LogP contribution in [0.5, 0.6) is 0 Å². The number of imidazole rings is 1. The predicted octanol–water partition coefficient (Wildman–Crippen LogP) is 1.24. The summed E-state index contributed by atoms with van der Waals surface area (Å²) in [7, 11) is 0. The fourth-order valence-electron chi connectivity index (χ4n) is 0.898. The monoisotopic (exact) mass is 186 g/mol. The highest BCUT2D eigenvalue weighted by atomic mass is 19.1. The number of alkyl halides is 1. The van der Waals surface area contributed by atoms with E-state index in [0.717, 1.165) is 0 Å². The van der Waals surface area contributed by atoms with E-state index in [9.17, 15) is 9.18 Å². The second kappa shape index (κ2) is 3.16. The van der Waals surface area contributed by atoms with Gasteiger partial charge in [0.15, 0.2) is 0 Å². The summed E-state index contributed by atoms with van der Waals surface area (Å²) in [5.74, 6) is -0.717. The fourth-order valence-corrected chi connectivity index (χ4v) is 0.898. The van der Waals surface area contributed by atoms with Crippen LogP contribution < -0.4 is 0 Å². The zero-order valence-electron chi connectivity index (χ0n) is 7.47.